The molecule has 0 spiro atoms. The van der Waals surface area contributed by atoms with Crippen LogP contribution in [0.4, 0.5) is 0 Å². The van der Waals surface area contributed by atoms with Crippen LogP contribution in [0.25, 0.3) is 0 Å². The van der Waals surface area contributed by atoms with Gasteiger partial charge in [-0.05, 0) is 25.5 Å². The van der Waals surface area contributed by atoms with Crippen molar-refractivity contribution in [1.82, 2.24) is 4.90 Å². The van der Waals surface area contributed by atoms with Gasteiger partial charge in [-0.15, -0.1) is 0 Å². The van der Waals surface area contributed by atoms with E-state index in [0.717, 1.165) is 5.76 Å². The van der Waals surface area contributed by atoms with Crippen molar-refractivity contribution in [3.8, 4) is 0 Å². The van der Waals surface area contributed by atoms with Crippen molar-refractivity contribution in [3.63, 3.8) is 0 Å². The summed E-state index contributed by atoms with van der Waals surface area (Å²) in [5.74, 6) is 0.602. The second kappa shape index (κ2) is 5.34. The first-order valence-corrected chi connectivity index (χ1v) is 7.89. The van der Waals surface area contributed by atoms with Gasteiger partial charge in [-0.2, -0.15) is 0 Å². The highest BCUT2D eigenvalue weighted by Gasteiger charge is 2.33. The highest BCUT2D eigenvalue weighted by molar-refractivity contribution is 7.91. The maximum Gasteiger partial charge on any atom is 0.317 e. The predicted octanol–water partition coefficient (Wildman–Crippen LogP) is 0.662. The Morgan fingerprint density at radius 1 is 1.53 bits per heavy atom. The van der Waals surface area contributed by atoms with E-state index < -0.39 is 15.8 Å². The van der Waals surface area contributed by atoms with Crippen LogP contribution in [0, 0.1) is 6.92 Å². The highest BCUT2D eigenvalue weighted by Crippen LogP contribution is 2.20. The zero-order chi connectivity index (χ0) is 14.0. The van der Waals surface area contributed by atoms with Crippen molar-refractivity contribution < 1.29 is 22.7 Å². The first kappa shape index (κ1) is 14.1. The number of aliphatic carboxylic acids is 1. The third-order valence-corrected chi connectivity index (χ3v) is 4.97. The molecule has 1 aromatic heterocycles. The van der Waals surface area contributed by atoms with E-state index in [-0.39, 0.29) is 24.1 Å². The first-order valence-electron chi connectivity index (χ1n) is 6.07. The Morgan fingerprint density at radius 3 is 2.74 bits per heavy atom. The standard InChI is InChI=1S/C12H17NO5S/c1-9-2-3-11(18-9)6-13(7-12(14)15)10-4-5-19(16,17)8-10/h2-3,10H,4-8H2,1H3,(H,14,15). The fraction of sp³-hybridized carbons (Fsp3) is 0.583. The smallest absolute Gasteiger partial charge is 0.317 e. The van der Waals surface area contributed by atoms with Crippen LogP contribution >= 0.6 is 0 Å². The van der Waals surface area contributed by atoms with Crippen LogP contribution in [0.1, 0.15) is 17.9 Å². The highest BCUT2D eigenvalue weighted by atomic mass is 32.2. The molecule has 1 aliphatic heterocycles. The van der Waals surface area contributed by atoms with Crippen LogP contribution < -0.4 is 0 Å². The molecule has 2 heterocycles. The number of hydrogen-bond acceptors (Lipinski definition) is 5. The van der Waals surface area contributed by atoms with Gasteiger partial charge in [-0.1, -0.05) is 0 Å². The van der Waals surface area contributed by atoms with Gasteiger partial charge in [-0.25, -0.2) is 8.42 Å². The molecule has 0 aliphatic carbocycles. The molecule has 0 aromatic carbocycles. The minimum absolute atomic E-state index is 0.0277. The predicted molar refractivity (Wildman–Crippen MR) is 68.5 cm³/mol. The van der Waals surface area contributed by atoms with E-state index in [4.69, 9.17) is 9.52 Å². The lowest BCUT2D eigenvalue weighted by molar-refractivity contribution is -0.139. The van der Waals surface area contributed by atoms with Gasteiger partial charge in [0.1, 0.15) is 11.5 Å². The van der Waals surface area contributed by atoms with Crippen molar-refractivity contribution in [2.24, 2.45) is 0 Å². The third kappa shape index (κ3) is 3.81. The molecule has 1 aliphatic rings. The molecule has 1 unspecified atom stereocenters. The van der Waals surface area contributed by atoms with Crippen molar-refractivity contribution in [3.05, 3.63) is 23.7 Å². The van der Waals surface area contributed by atoms with E-state index >= 15 is 0 Å². The molecule has 6 nitrogen and oxygen atoms in total. The summed E-state index contributed by atoms with van der Waals surface area (Å²) in [7, 11) is -3.03. The molecule has 106 valence electrons. The van der Waals surface area contributed by atoms with Gasteiger partial charge in [0.05, 0.1) is 24.6 Å². The van der Waals surface area contributed by atoms with Gasteiger partial charge in [0.25, 0.3) is 0 Å². The molecule has 0 saturated carbocycles. The third-order valence-electron chi connectivity index (χ3n) is 3.22. The number of carboxylic acid groups (broad SMARTS) is 1. The van der Waals surface area contributed by atoms with Crippen LogP contribution in [-0.4, -0.2) is 48.5 Å². The molecule has 0 bridgehead atoms. The number of rotatable bonds is 5. The Hall–Kier alpha value is -1.34. The number of sulfone groups is 1. The van der Waals surface area contributed by atoms with Gasteiger partial charge in [0.15, 0.2) is 9.84 Å². The van der Waals surface area contributed by atoms with Crippen molar-refractivity contribution in [2.45, 2.75) is 25.9 Å². The summed E-state index contributed by atoms with van der Waals surface area (Å²) < 4.78 is 28.4. The fourth-order valence-corrected chi connectivity index (χ4v) is 4.08. The summed E-state index contributed by atoms with van der Waals surface area (Å²) in [6, 6.07) is 3.35. The van der Waals surface area contributed by atoms with Gasteiger partial charge < -0.3 is 9.52 Å². The quantitative estimate of drug-likeness (QED) is 0.856. The Morgan fingerprint density at radius 2 is 2.26 bits per heavy atom. The topological polar surface area (TPSA) is 87.8 Å². The van der Waals surface area contributed by atoms with E-state index in [1.807, 2.05) is 6.92 Å². The van der Waals surface area contributed by atoms with Crippen molar-refractivity contribution in [1.29, 1.82) is 0 Å². The van der Waals surface area contributed by atoms with Gasteiger partial charge in [0.2, 0.25) is 0 Å². The van der Waals surface area contributed by atoms with Gasteiger partial charge in [-0.3, -0.25) is 9.69 Å². The molecular formula is C12H17NO5S. The van der Waals surface area contributed by atoms with Crippen LogP contribution in [-0.2, 0) is 21.2 Å². The maximum atomic E-state index is 11.5. The molecule has 1 fully saturated rings. The van der Waals surface area contributed by atoms with E-state index in [1.165, 1.54) is 0 Å². The maximum absolute atomic E-state index is 11.5. The Bertz CT molecular complexity index is 562. The summed E-state index contributed by atoms with van der Waals surface area (Å²) in [6.07, 6.45) is 0.481. The normalized spacial score (nSPS) is 21.9. The second-order valence-electron chi connectivity index (χ2n) is 4.87. The minimum Gasteiger partial charge on any atom is -0.480 e. The fourth-order valence-electron chi connectivity index (χ4n) is 2.32. The van der Waals surface area contributed by atoms with Gasteiger partial charge >= 0.3 is 5.97 Å². The van der Waals surface area contributed by atoms with E-state index in [0.29, 0.717) is 18.7 Å². The molecule has 19 heavy (non-hydrogen) atoms. The SMILES string of the molecule is Cc1ccc(CN(CC(=O)O)C2CCS(=O)(=O)C2)o1. The van der Waals surface area contributed by atoms with Crippen molar-refractivity contribution in [2.75, 3.05) is 18.1 Å². The van der Waals surface area contributed by atoms with Crippen molar-refractivity contribution >= 4 is 15.8 Å². The van der Waals surface area contributed by atoms with Crippen LogP contribution in [0.15, 0.2) is 16.5 Å². The van der Waals surface area contributed by atoms with Crippen LogP contribution in [0.2, 0.25) is 0 Å². The number of carboxylic acids is 1. The molecular weight excluding hydrogens is 270 g/mol. The number of nitrogens with zero attached hydrogens (tertiary/aromatic N) is 1. The Labute approximate surface area is 111 Å². The lowest BCUT2D eigenvalue weighted by Crippen LogP contribution is -2.39. The molecule has 1 N–H and O–H groups in total. The molecule has 1 aromatic rings. The molecule has 1 saturated heterocycles. The minimum atomic E-state index is -3.03. The molecule has 1 atom stereocenters. The second-order valence-corrected chi connectivity index (χ2v) is 7.10. The summed E-state index contributed by atoms with van der Waals surface area (Å²) in [5.41, 5.74) is 0. The molecule has 7 heteroatoms. The average molecular weight is 287 g/mol. The monoisotopic (exact) mass is 287 g/mol. The lowest BCUT2D eigenvalue weighted by Gasteiger charge is -2.25. The first-order chi connectivity index (χ1) is 8.85. The zero-order valence-corrected chi connectivity index (χ0v) is 11.5. The lowest BCUT2D eigenvalue weighted by atomic mass is 10.2. The van der Waals surface area contributed by atoms with Crippen LogP contribution in [0.3, 0.4) is 0 Å². The summed E-state index contributed by atoms with van der Waals surface area (Å²) in [6.45, 7) is 1.95. The molecule has 0 radical (unpaired) electrons. The number of aryl methyl sites for hydroxylation is 1. The molecule has 0 amide bonds. The number of carbonyl (C=O) groups is 1. The van der Waals surface area contributed by atoms with Gasteiger partial charge in [0, 0.05) is 6.04 Å². The number of furan rings is 1. The Kier molecular flexibility index (Phi) is 3.96. The van der Waals surface area contributed by atoms with Crippen LogP contribution in [0.5, 0.6) is 0 Å². The van der Waals surface area contributed by atoms with E-state index in [1.54, 1.807) is 17.0 Å². The number of hydrogen-bond donors (Lipinski definition) is 1. The molecule has 2 rings (SSSR count). The largest absolute Gasteiger partial charge is 0.480 e. The zero-order valence-electron chi connectivity index (χ0n) is 10.7. The van der Waals surface area contributed by atoms with E-state index in [2.05, 4.69) is 0 Å². The Balaban J connectivity index is 2.10. The summed E-state index contributed by atoms with van der Waals surface area (Å²) in [5, 5.41) is 8.94. The summed E-state index contributed by atoms with van der Waals surface area (Å²) >= 11 is 0. The summed E-state index contributed by atoms with van der Waals surface area (Å²) in [4.78, 5) is 12.6. The van der Waals surface area contributed by atoms with E-state index in [9.17, 15) is 13.2 Å². The average Bonchev–Trinajstić information content (AvgIpc) is 2.83.